The van der Waals surface area contributed by atoms with Crippen molar-refractivity contribution in [2.75, 3.05) is 26.7 Å². The van der Waals surface area contributed by atoms with Crippen LogP contribution in [0.2, 0.25) is 0 Å². The molecule has 1 amide bonds. The summed E-state index contributed by atoms with van der Waals surface area (Å²) in [5.74, 6) is 0.397. The van der Waals surface area contributed by atoms with E-state index in [1.807, 2.05) is 0 Å². The normalized spacial score (nSPS) is 20.1. The molecule has 0 saturated heterocycles. The van der Waals surface area contributed by atoms with Gasteiger partial charge in [0.15, 0.2) is 18.2 Å². The van der Waals surface area contributed by atoms with Gasteiger partial charge in [0.1, 0.15) is 18.1 Å². The molecule has 3 atom stereocenters. The van der Waals surface area contributed by atoms with Gasteiger partial charge in [0, 0.05) is 6.07 Å². The fourth-order valence-electron chi connectivity index (χ4n) is 3.35. The minimum Gasteiger partial charge on any atom is -0.462 e. The molecule has 3 aliphatic rings. The number of nitrogens with two attached hydrogens (primary N) is 1. The Balaban J connectivity index is 1.35. The number of carbonyl (C=O) groups excluding carboxylic acids is 2. The summed E-state index contributed by atoms with van der Waals surface area (Å²) in [5, 5.41) is 4.99. The second kappa shape index (κ2) is 11.2. The van der Waals surface area contributed by atoms with Crippen LogP contribution in [0.15, 0.2) is 23.2 Å². The molecular weight excluding hydrogens is 511 g/mol. The van der Waals surface area contributed by atoms with Crippen molar-refractivity contribution in [1.82, 2.24) is 20.0 Å². The quantitative estimate of drug-likeness (QED) is 0.133. The first-order valence-corrected chi connectivity index (χ1v) is 12.9. The molecule has 200 valence electrons. The molecule has 3 unspecified atom stereocenters. The first-order chi connectivity index (χ1) is 17.6. The number of carbonyl (C=O) groups is 2. The van der Waals surface area contributed by atoms with Crippen LogP contribution in [0.5, 0.6) is 17.2 Å². The molecule has 3 aliphatic heterocycles. The topological polar surface area (TPSA) is 186 Å². The van der Waals surface area contributed by atoms with Crippen molar-refractivity contribution < 1.29 is 42.1 Å². The number of amides is 1. The maximum atomic E-state index is 13.6. The third kappa shape index (κ3) is 6.59. The molecule has 16 heteroatoms. The monoisotopic (exact) mass is 539 g/mol. The predicted molar refractivity (Wildman–Crippen MR) is 130 cm³/mol. The maximum absolute atomic E-state index is 13.6. The van der Waals surface area contributed by atoms with E-state index in [1.165, 1.54) is 30.3 Å². The Morgan fingerprint density at radius 1 is 1.32 bits per heavy atom. The molecule has 4 rings (SSSR count). The minimum absolute atomic E-state index is 0.0133. The zero-order valence-electron chi connectivity index (χ0n) is 20.4. The summed E-state index contributed by atoms with van der Waals surface area (Å²) < 4.78 is 50.1. The number of aliphatic imine (C=N–C) groups is 1. The molecule has 1 aromatic carbocycles. The largest absolute Gasteiger partial charge is 0.462 e. The van der Waals surface area contributed by atoms with E-state index in [9.17, 15) is 14.2 Å². The second-order valence-electron chi connectivity index (χ2n) is 8.29. The van der Waals surface area contributed by atoms with Gasteiger partial charge in [0.05, 0.1) is 19.3 Å². The Labute approximate surface area is 212 Å². The minimum atomic E-state index is -4.09. The van der Waals surface area contributed by atoms with Crippen molar-refractivity contribution in [3.63, 3.8) is 0 Å². The molecule has 15 nitrogen and oxygen atoms in total. The van der Waals surface area contributed by atoms with E-state index in [4.69, 9.17) is 33.7 Å². The van der Waals surface area contributed by atoms with Gasteiger partial charge < -0.3 is 23.5 Å². The van der Waals surface area contributed by atoms with Crippen LogP contribution in [0.3, 0.4) is 0 Å². The molecule has 3 heterocycles. The average Bonchev–Trinajstić information content (AvgIpc) is 3.45. The van der Waals surface area contributed by atoms with E-state index in [0.29, 0.717) is 17.3 Å². The van der Waals surface area contributed by atoms with Crippen LogP contribution in [0.25, 0.3) is 0 Å². The van der Waals surface area contributed by atoms with E-state index >= 15 is 0 Å². The fourth-order valence-corrected chi connectivity index (χ4v) is 4.82. The van der Waals surface area contributed by atoms with Crippen LogP contribution in [0.4, 0.5) is 0 Å². The molecule has 0 aromatic heterocycles. The molecule has 0 radical (unpaired) electrons. The Hall–Kier alpha value is -3.61. The lowest BCUT2D eigenvalue weighted by atomic mass is 10.2. The van der Waals surface area contributed by atoms with Crippen molar-refractivity contribution in [3.05, 3.63) is 18.2 Å². The standard InChI is InChI=1S/C21H27N6O9P/c1-12(2)35-20(29)13(3)26-37(30,36-14-4-5-15-16(8-14)33-11-32-15)34-7-6-31-10-27-9-23-17-18(27)24-21(22)25-19(17)28/h4-5,8-9,12-13,17H,6-7,10-11H2,1-3H3,(H3,22,25,26,28,30)/p+1. The van der Waals surface area contributed by atoms with Crippen molar-refractivity contribution in [1.29, 1.82) is 0 Å². The number of fused-ring (bicyclic) bond motifs is 2. The number of hydrogen-bond acceptors (Lipinski definition) is 12. The lowest BCUT2D eigenvalue weighted by Gasteiger charge is -2.23. The smallest absolute Gasteiger partial charge is 0.459 e. The van der Waals surface area contributed by atoms with Gasteiger partial charge in [-0.25, -0.2) is 24.4 Å². The third-order valence-electron chi connectivity index (χ3n) is 4.97. The van der Waals surface area contributed by atoms with Gasteiger partial charge in [-0.2, -0.15) is 5.09 Å². The number of nitrogens with zero attached hydrogens (tertiary/aromatic N) is 3. The number of guanidine groups is 1. The van der Waals surface area contributed by atoms with Crippen molar-refractivity contribution in [2.24, 2.45) is 10.7 Å². The Bertz CT molecular complexity index is 1200. The number of ether oxygens (including phenoxy) is 4. The van der Waals surface area contributed by atoms with Crippen LogP contribution in [0, 0.1) is 0 Å². The van der Waals surface area contributed by atoms with Gasteiger partial charge in [-0.1, -0.05) is 0 Å². The van der Waals surface area contributed by atoms with E-state index in [1.54, 1.807) is 19.9 Å². The van der Waals surface area contributed by atoms with Crippen LogP contribution >= 0.6 is 7.75 Å². The number of benzene rings is 1. The van der Waals surface area contributed by atoms with Crippen LogP contribution in [-0.2, 0) is 28.2 Å². The summed E-state index contributed by atoms with van der Waals surface area (Å²) in [4.78, 5) is 29.8. The van der Waals surface area contributed by atoms with E-state index < -0.39 is 25.8 Å². The van der Waals surface area contributed by atoms with Gasteiger partial charge in [-0.3, -0.25) is 19.8 Å². The molecule has 0 fully saturated rings. The predicted octanol–water partition coefficient (Wildman–Crippen LogP) is -0.555. The number of amidine groups is 1. The zero-order valence-corrected chi connectivity index (χ0v) is 21.3. The lowest BCUT2D eigenvalue weighted by Crippen LogP contribution is -2.53. The Morgan fingerprint density at radius 3 is 2.89 bits per heavy atom. The highest BCUT2D eigenvalue weighted by molar-refractivity contribution is 7.52. The number of nitrogens with one attached hydrogen (secondary N) is 2. The fraction of sp³-hybridized carbons (Fsp3) is 0.476. The van der Waals surface area contributed by atoms with Gasteiger partial charge in [-0.15, -0.1) is 0 Å². The number of esters is 1. The van der Waals surface area contributed by atoms with Gasteiger partial charge >= 0.3 is 31.4 Å². The van der Waals surface area contributed by atoms with Crippen molar-refractivity contribution >= 4 is 37.8 Å². The second-order valence-corrected chi connectivity index (χ2v) is 9.99. The lowest BCUT2D eigenvalue weighted by molar-refractivity contribution is -0.149. The first-order valence-electron chi connectivity index (χ1n) is 11.4. The highest BCUT2D eigenvalue weighted by Gasteiger charge is 2.41. The summed E-state index contributed by atoms with van der Waals surface area (Å²) in [5.41, 5.74) is 5.60. The third-order valence-corrected chi connectivity index (χ3v) is 6.65. The van der Waals surface area contributed by atoms with Crippen molar-refractivity contribution in [3.8, 4) is 17.2 Å². The summed E-state index contributed by atoms with van der Waals surface area (Å²) in [6, 6.07) is 2.84. The van der Waals surface area contributed by atoms with Crippen LogP contribution in [0.1, 0.15) is 20.8 Å². The molecule has 37 heavy (non-hydrogen) atoms. The number of hydrogen-bond donors (Lipinski definition) is 3. The van der Waals surface area contributed by atoms with Crippen LogP contribution < -0.4 is 34.8 Å². The highest BCUT2D eigenvalue weighted by Crippen LogP contribution is 2.47. The van der Waals surface area contributed by atoms with Gasteiger partial charge in [0.2, 0.25) is 12.8 Å². The summed E-state index contributed by atoms with van der Waals surface area (Å²) in [6.07, 6.45) is 1.06. The Morgan fingerprint density at radius 2 is 2.11 bits per heavy atom. The number of rotatable bonds is 12. The Kier molecular flexibility index (Phi) is 8.00. The highest BCUT2D eigenvalue weighted by atomic mass is 31.2. The summed E-state index contributed by atoms with van der Waals surface area (Å²) >= 11 is 0. The molecular formula is C21H28N6O9P+. The average molecular weight is 539 g/mol. The SMILES string of the molecule is CC(C)OC(=O)C(C)NP(=O)(OCCOCN1C=NC2C(=O)NC(N)=[N+]=C21)Oc1ccc2c(c1)OCO2. The summed E-state index contributed by atoms with van der Waals surface area (Å²) in [7, 11) is -4.09. The maximum Gasteiger partial charge on any atom is 0.459 e. The molecule has 1 aromatic rings. The van der Waals surface area contributed by atoms with Gasteiger partial charge in [-0.05, 0) is 32.9 Å². The molecule has 4 N–H and O–H groups in total. The van der Waals surface area contributed by atoms with Crippen LogP contribution in [-0.4, -0.2) is 79.8 Å². The van der Waals surface area contributed by atoms with E-state index in [0.717, 1.165) is 0 Å². The summed E-state index contributed by atoms with van der Waals surface area (Å²) in [6.45, 7) is 4.74. The van der Waals surface area contributed by atoms with E-state index in [2.05, 4.69) is 20.1 Å². The van der Waals surface area contributed by atoms with Gasteiger partial charge in [0.25, 0.3) is 0 Å². The van der Waals surface area contributed by atoms with E-state index in [-0.39, 0.29) is 50.5 Å². The molecule has 0 bridgehead atoms. The molecule has 0 saturated carbocycles. The zero-order chi connectivity index (χ0) is 26.6. The van der Waals surface area contributed by atoms with Crippen molar-refractivity contribution in [2.45, 2.75) is 39.0 Å². The molecule has 0 spiro atoms. The molecule has 0 aliphatic carbocycles. The first kappa shape index (κ1) is 26.5.